The van der Waals surface area contributed by atoms with E-state index in [4.69, 9.17) is 0 Å². The van der Waals surface area contributed by atoms with Crippen molar-refractivity contribution >= 4 is 33.2 Å². The summed E-state index contributed by atoms with van der Waals surface area (Å²) in [6, 6.07) is 11.4. The summed E-state index contributed by atoms with van der Waals surface area (Å²) in [6.45, 7) is 0.382. The second-order valence-electron chi connectivity index (χ2n) is 6.57. The average Bonchev–Trinajstić information content (AvgIpc) is 2.94. The zero-order valence-electron chi connectivity index (χ0n) is 14.6. The molecular weight excluding hydrogens is 366 g/mol. The predicted octanol–water partition coefficient (Wildman–Crippen LogP) is 1.90. The number of aryl methyl sites for hydroxylation is 1. The van der Waals surface area contributed by atoms with Gasteiger partial charge in [0.25, 0.3) is 15.9 Å². The van der Waals surface area contributed by atoms with Gasteiger partial charge in [0, 0.05) is 18.7 Å². The van der Waals surface area contributed by atoms with Gasteiger partial charge in [-0.2, -0.15) is 0 Å². The standard InChI is InChI=1S/C19H19N3O4S/c23-18-7-3-4-13-12-14(8-9-16(13)21-18)27(25,26)22-11-10-20-19(24)15-5-1-2-6-17(15)22/h1-2,5-6,8-9,12H,3-4,7,10-11H2,(H,20,24)(H,21,23). The Morgan fingerprint density at radius 1 is 1.00 bits per heavy atom. The number of fused-ring (bicyclic) bond motifs is 2. The third kappa shape index (κ3) is 3.16. The Bertz CT molecular complexity index is 1030. The molecule has 0 radical (unpaired) electrons. The van der Waals surface area contributed by atoms with Crippen LogP contribution in [0.5, 0.6) is 0 Å². The summed E-state index contributed by atoms with van der Waals surface area (Å²) >= 11 is 0. The second-order valence-corrected chi connectivity index (χ2v) is 8.43. The fourth-order valence-electron chi connectivity index (χ4n) is 3.46. The third-order valence-electron chi connectivity index (χ3n) is 4.81. The van der Waals surface area contributed by atoms with Crippen molar-refractivity contribution in [3.8, 4) is 0 Å². The number of hydrogen-bond donors (Lipinski definition) is 2. The molecule has 0 spiro atoms. The van der Waals surface area contributed by atoms with Crippen LogP contribution in [0.15, 0.2) is 47.4 Å². The summed E-state index contributed by atoms with van der Waals surface area (Å²) in [5.74, 6) is -0.344. The number of nitrogens with zero attached hydrogens (tertiary/aromatic N) is 1. The molecule has 2 aliphatic rings. The molecule has 2 aromatic carbocycles. The van der Waals surface area contributed by atoms with Crippen LogP contribution in [-0.2, 0) is 21.2 Å². The van der Waals surface area contributed by atoms with Crippen LogP contribution in [0, 0.1) is 0 Å². The maximum Gasteiger partial charge on any atom is 0.264 e. The normalized spacial score (nSPS) is 17.1. The molecule has 0 fully saturated rings. The number of sulfonamides is 1. The van der Waals surface area contributed by atoms with Gasteiger partial charge in [-0.15, -0.1) is 0 Å². The maximum atomic E-state index is 13.3. The maximum absolute atomic E-state index is 13.3. The molecule has 2 aliphatic heterocycles. The molecule has 27 heavy (non-hydrogen) atoms. The van der Waals surface area contributed by atoms with Crippen LogP contribution < -0.4 is 14.9 Å². The molecule has 4 rings (SSSR count). The third-order valence-corrected chi connectivity index (χ3v) is 6.62. The Labute approximate surface area is 157 Å². The van der Waals surface area contributed by atoms with Crippen molar-refractivity contribution in [3.05, 3.63) is 53.6 Å². The number of amides is 2. The van der Waals surface area contributed by atoms with E-state index in [0.29, 0.717) is 36.2 Å². The van der Waals surface area contributed by atoms with Crippen molar-refractivity contribution in [3.63, 3.8) is 0 Å². The van der Waals surface area contributed by atoms with Crippen LogP contribution >= 0.6 is 0 Å². The lowest BCUT2D eigenvalue weighted by molar-refractivity contribution is -0.116. The number of para-hydroxylation sites is 1. The molecule has 0 aliphatic carbocycles. The topological polar surface area (TPSA) is 95.6 Å². The van der Waals surface area contributed by atoms with E-state index in [-0.39, 0.29) is 29.8 Å². The summed E-state index contributed by atoms with van der Waals surface area (Å²) < 4.78 is 28.0. The molecule has 2 N–H and O–H groups in total. The minimum absolute atomic E-state index is 0.0598. The van der Waals surface area contributed by atoms with Crippen molar-refractivity contribution in [1.29, 1.82) is 0 Å². The monoisotopic (exact) mass is 385 g/mol. The van der Waals surface area contributed by atoms with Gasteiger partial charge in [-0.1, -0.05) is 12.1 Å². The first-order valence-corrected chi connectivity index (χ1v) is 10.2. The first-order valence-electron chi connectivity index (χ1n) is 8.79. The van der Waals surface area contributed by atoms with Crippen molar-refractivity contribution < 1.29 is 18.0 Å². The number of rotatable bonds is 2. The van der Waals surface area contributed by atoms with Crippen molar-refractivity contribution in [1.82, 2.24) is 5.32 Å². The van der Waals surface area contributed by atoms with Crippen LogP contribution in [0.4, 0.5) is 11.4 Å². The molecule has 0 atom stereocenters. The van der Waals surface area contributed by atoms with Gasteiger partial charge >= 0.3 is 0 Å². The van der Waals surface area contributed by atoms with E-state index in [1.165, 1.54) is 10.4 Å². The number of carbonyl (C=O) groups excluding carboxylic acids is 2. The number of benzene rings is 2. The van der Waals surface area contributed by atoms with E-state index >= 15 is 0 Å². The predicted molar refractivity (Wildman–Crippen MR) is 101 cm³/mol. The molecule has 0 aromatic heterocycles. The molecular formula is C19H19N3O4S. The minimum atomic E-state index is -3.85. The van der Waals surface area contributed by atoms with Crippen molar-refractivity contribution in [2.45, 2.75) is 24.2 Å². The summed E-state index contributed by atoms with van der Waals surface area (Å²) in [5.41, 5.74) is 2.17. The molecule has 2 aromatic rings. The van der Waals surface area contributed by atoms with Gasteiger partial charge in [0.15, 0.2) is 0 Å². The highest BCUT2D eigenvalue weighted by molar-refractivity contribution is 7.92. The number of carbonyl (C=O) groups is 2. The van der Waals surface area contributed by atoms with Crippen LogP contribution in [-0.4, -0.2) is 33.3 Å². The molecule has 2 amide bonds. The Hall–Kier alpha value is -2.87. The second kappa shape index (κ2) is 6.70. The van der Waals surface area contributed by atoms with E-state index in [9.17, 15) is 18.0 Å². The minimum Gasteiger partial charge on any atom is -0.350 e. The van der Waals surface area contributed by atoms with E-state index in [0.717, 1.165) is 5.56 Å². The first kappa shape index (κ1) is 17.5. The lowest BCUT2D eigenvalue weighted by Gasteiger charge is -2.24. The van der Waals surface area contributed by atoms with Crippen LogP contribution in [0.3, 0.4) is 0 Å². The number of anilines is 2. The Morgan fingerprint density at radius 2 is 1.81 bits per heavy atom. The van der Waals surface area contributed by atoms with Crippen molar-refractivity contribution in [2.75, 3.05) is 22.7 Å². The smallest absolute Gasteiger partial charge is 0.264 e. The fourth-order valence-corrected chi connectivity index (χ4v) is 4.99. The first-order chi connectivity index (χ1) is 13.0. The van der Waals surface area contributed by atoms with E-state index in [1.807, 2.05) is 0 Å². The Balaban J connectivity index is 1.78. The molecule has 7 nitrogen and oxygen atoms in total. The van der Waals surface area contributed by atoms with Crippen LogP contribution in [0.25, 0.3) is 0 Å². The highest BCUT2D eigenvalue weighted by Gasteiger charge is 2.31. The summed E-state index contributed by atoms with van der Waals surface area (Å²) in [6.07, 6.45) is 1.73. The lowest BCUT2D eigenvalue weighted by atomic mass is 10.1. The van der Waals surface area contributed by atoms with E-state index in [2.05, 4.69) is 10.6 Å². The highest BCUT2D eigenvalue weighted by Crippen LogP contribution is 2.31. The van der Waals surface area contributed by atoms with Gasteiger partial charge in [0.05, 0.1) is 22.7 Å². The van der Waals surface area contributed by atoms with Gasteiger partial charge < -0.3 is 10.6 Å². The molecule has 0 bridgehead atoms. The van der Waals surface area contributed by atoms with Crippen molar-refractivity contribution in [2.24, 2.45) is 0 Å². The van der Waals surface area contributed by atoms with Gasteiger partial charge in [-0.05, 0) is 48.7 Å². The Morgan fingerprint density at radius 3 is 2.67 bits per heavy atom. The number of hydrogen-bond acceptors (Lipinski definition) is 4. The van der Waals surface area contributed by atoms with E-state index < -0.39 is 10.0 Å². The summed E-state index contributed by atoms with van der Waals surface area (Å²) in [7, 11) is -3.85. The molecule has 0 unspecified atom stereocenters. The zero-order valence-corrected chi connectivity index (χ0v) is 15.4. The molecule has 8 heteroatoms. The number of nitrogens with one attached hydrogen (secondary N) is 2. The van der Waals surface area contributed by atoms with E-state index in [1.54, 1.807) is 36.4 Å². The quantitative estimate of drug-likeness (QED) is 0.825. The zero-order chi connectivity index (χ0) is 19.0. The lowest BCUT2D eigenvalue weighted by Crippen LogP contribution is -2.35. The molecule has 0 saturated carbocycles. The van der Waals surface area contributed by atoms with Gasteiger partial charge in [-0.25, -0.2) is 8.42 Å². The average molecular weight is 385 g/mol. The molecule has 140 valence electrons. The summed E-state index contributed by atoms with van der Waals surface area (Å²) in [4.78, 5) is 24.1. The van der Waals surface area contributed by atoms with Crippen LogP contribution in [0.1, 0.15) is 28.8 Å². The van der Waals surface area contributed by atoms with Gasteiger partial charge in [0.2, 0.25) is 5.91 Å². The largest absolute Gasteiger partial charge is 0.350 e. The van der Waals surface area contributed by atoms with Gasteiger partial charge in [0.1, 0.15) is 0 Å². The van der Waals surface area contributed by atoms with Crippen LogP contribution in [0.2, 0.25) is 0 Å². The highest BCUT2D eigenvalue weighted by atomic mass is 32.2. The summed E-state index contributed by atoms with van der Waals surface area (Å²) in [5, 5.41) is 5.53. The molecule has 0 saturated heterocycles. The SMILES string of the molecule is O=C1CCCc2cc(S(=O)(=O)N3CCNC(=O)c4ccccc43)ccc2N1. The van der Waals surface area contributed by atoms with Gasteiger partial charge in [-0.3, -0.25) is 13.9 Å². The molecule has 2 heterocycles. The fraction of sp³-hybridized carbons (Fsp3) is 0.263. The Kier molecular flexibility index (Phi) is 4.35.